The first-order valence-electron chi connectivity index (χ1n) is 7.08. The molecule has 2 rings (SSSR count). The summed E-state index contributed by atoms with van der Waals surface area (Å²) in [7, 11) is -1.87. The van der Waals surface area contributed by atoms with Gasteiger partial charge in [0.1, 0.15) is 0 Å². The van der Waals surface area contributed by atoms with Crippen LogP contribution >= 0.6 is 23.2 Å². The van der Waals surface area contributed by atoms with Crippen molar-refractivity contribution in [2.45, 2.75) is 6.92 Å². The normalized spacial score (nSPS) is 11.2. The van der Waals surface area contributed by atoms with E-state index < -0.39 is 10.0 Å². The Kier molecular flexibility index (Phi) is 5.74. The molecule has 5 nitrogen and oxygen atoms in total. The Morgan fingerprint density at radius 1 is 1.12 bits per heavy atom. The van der Waals surface area contributed by atoms with E-state index in [4.69, 9.17) is 23.2 Å². The molecule has 0 saturated carbocycles. The van der Waals surface area contributed by atoms with Crippen LogP contribution in [0.5, 0.6) is 0 Å². The second-order valence-corrected chi connectivity index (χ2v) is 8.04. The van der Waals surface area contributed by atoms with Crippen molar-refractivity contribution in [3.05, 3.63) is 58.1 Å². The van der Waals surface area contributed by atoms with E-state index in [9.17, 15) is 13.2 Å². The number of amides is 1. The summed E-state index contributed by atoms with van der Waals surface area (Å²) in [4.78, 5) is 12.3. The highest BCUT2D eigenvalue weighted by Gasteiger charge is 2.16. The average Bonchev–Trinajstić information content (AvgIpc) is 2.58. The number of carbonyl (C=O) groups is 1. The SMILES string of the molecule is CCS(=O)(=O)N(C)c1ccc(C(=O)Nc2cccc(Cl)c2Cl)cc1. The van der Waals surface area contributed by atoms with Crippen molar-refractivity contribution in [3.63, 3.8) is 0 Å². The van der Waals surface area contributed by atoms with Crippen molar-refractivity contribution < 1.29 is 13.2 Å². The maximum atomic E-state index is 12.3. The van der Waals surface area contributed by atoms with E-state index in [2.05, 4.69) is 5.32 Å². The summed E-state index contributed by atoms with van der Waals surface area (Å²) in [5.41, 5.74) is 1.26. The summed E-state index contributed by atoms with van der Waals surface area (Å²) in [5, 5.41) is 3.28. The third-order valence-electron chi connectivity index (χ3n) is 3.47. The van der Waals surface area contributed by atoms with E-state index in [0.717, 1.165) is 0 Å². The van der Waals surface area contributed by atoms with Crippen molar-refractivity contribution in [1.82, 2.24) is 0 Å². The second kappa shape index (κ2) is 7.42. The molecule has 2 aromatic rings. The molecule has 0 aliphatic rings. The number of nitrogens with zero attached hydrogens (tertiary/aromatic N) is 1. The van der Waals surface area contributed by atoms with Gasteiger partial charge in [-0.1, -0.05) is 29.3 Å². The van der Waals surface area contributed by atoms with Crippen LogP contribution < -0.4 is 9.62 Å². The van der Waals surface area contributed by atoms with Gasteiger partial charge in [-0.25, -0.2) is 8.42 Å². The van der Waals surface area contributed by atoms with Crippen molar-refractivity contribution in [3.8, 4) is 0 Å². The first kappa shape index (κ1) is 18.6. The van der Waals surface area contributed by atoms with Gasteiger partial charge in [0.2, 0.25) is 10.0 Å². The van der Waals surface area contributed by atoms with Gasteiger partial charge in [-0.3, -0.25) is 9.10 Å². The molecule has 0 saturated heterocycles. The average molecular weight is 387 g/mol. The van der Waals surface area contributed by atoms with Crippen LogP contribution in [0.1, 0.15) is 17.3 Å². The molecular weight excluding hydrogens is 371 g/mol. The van der Waals surface area contributed by atoms with Crippen molar-refractivity contribution >= 4 is 50.5 Å². The third-order valence-corrected chi connectivity index (χ3v) is 6.07. The molecule has 24 heavy (non-hydrogen) atoms. The van der Waals surface area contributed by atoms with Gasteiger partial charge in [0, 0.05) is 12.6 Å². The zero-order valence-electron chi connectivity index (χ0n) is 13.1. The molecule has 0 radical (unpaired) electrons. The predicted octanol–water partition coefficient (Wildman–Crippen LogP) is 4.03. The van der Waals surface area contributed by atoms with Crippen LogP contribution in [-0.4, -0.2) is 27.1 Å². The monoisotopic (exact) mass is 386 g/mol. The smallest absolute Gasteiger partial charge is 0.255 e. The highest BCUT2D eigenvalue weighted by Crippen LogP contribution is 2.30. The molecule has 0 unspecified atom stereocenters. The van der Waals surface area contributed by atoms with E-state index in [-0.39, 0.29) is 16.7 Å². The Bertz CT molecular complexity index is 852. The molecule has 0 fully saturated rings. The molecule has 128 valence electrons. The molecule has 0 bridgehead atoms. The number of halogens is 2. The topological polar surface area (TPSA) is 66.5 Å². The Morgan fingerprint density at radius 3 is 2.33 bits per heavy atom. The molecule has 1 amide bonds. The number of carbonyl (C=O) groups excluding carboxylic acids is 1. The summed E-state index contributed by atoms with van der Waals surface area (Å²) in [6, 6.07) is 11.2. The molecule has 8 heteroatoms. The zero-order valence-corrected chi connectivity index (χ0v) is 15.4. The quantitative estimate of drug-likeness (QED) is 0.842. The van der Waals surface area contributed by atoms with Gasteiger partial charge >= 0.3 is 0 Å². The highest BCUT2D eigenvalue weighted by molar-refractivity contribution is 7.92. The van der Waals surface area contributed by atoms with E-state index in [1.807, 2.05) is 0 Å². The Hall–Kier alpha value is -1.76. The van der Waals surface area contributed by atoms with E-state index in [1.165, 1.54) is 11.4 Å². The fraction of sp³-hybridized carbons (Fsp3) is 0.188. The molecule has 0 aromatic heterocycles. The van der Waals surface area contributed by atoms with Gasteiger partial charge in [0.15, 0.2) is 0 Å². The van der Waals surface area contributed by atoms with Gasteiger partial charge in [-0.05, 0) is 43.3 Å². The van der Waals surface area contributed by atoms with Crippen molar-refractivity contribution in [2.75, 3.05) is 22.4 Å². The molecule has 0 spiro atoms. The van der Waals surface area contributed by atoms with Gasteiger partial charge in [0.25, 0.3) is 5.91 Å². The molecule has 0 heterocycles. The minimum Gasteiger partial charge on any atom is -0.321 e. The molecule has 0 aliphatic carbocycles. The second-order valence-electron chi connectivity index (χ2n) is 4.97. The van der Waals surface area contributed by atoms with Crippen LogP contribution in [0, 0.1) is 0 Å². The molecule has 1 N–H and O–H groups in total. The summed E-state index contributed by atoms with van der Waals surface area (Å²) in [6.07, 6.45) is 0. The minimum absolute atomic E-state index is 0.000989. The zero-order chi connectivity index (χ0) is 17.9. The summed E-state index contributed by atoms with van der Waals surface area (Å²) in [6.45, 7) is 1.57. The number of hydrogen-bond acceptors (Lipinski definition) is 3. The lowest BCUT2D eigenvalue weighted by atomic mass is 10.2. The van der Waals surface area contributed by atoms with E-state index >= 15 is 0 Å². The molecule has 2 aromatic carbocycles. The van der Waals surface area contributed by atoms with Gasteiger partial charge < -0.3 is 5.32 Å². The summed E-state index contributed by atoms with van der Waals surface area (Å²) in [5.74, 6) is -0.370. The molecule has 0 atom stereocenters. The van der Waals surface area contributed by atoms with Crippen LogP contribution in [-0.2, 0) is 10.0 Å². The lowest BCUT2D eigenvalue weighted by Gasteiger charge is -2.18. The van der Waals surface area contributed by atoms with Crippen LogP contribution in [0.2, 0.25) is 10.0 Å². The lowest BCUT2D eigenvalue weighted by molar-refractivity contribution is 0.102. The first-order chi connectivity index (χ1) is 11.3. The van der Waals surface area contributed by atoms with Gasteiger partial charge in [-0.15, -0.1) is 0 Å². The van der Waals surface area contributed by atoms with Crippen molar-refractivity contribution in [2.24, 2.45) is 0 Å². The molecular formula is C16H16Cl2N2O3S. The number of nitrogens with one attached hydrogen (secondary N) is 1. The predicted molar refractivity (Wildman–Crippen MR) is 98.7 cm³/mol. The Labute approximate surface area is 151 Å². The van der Waals surface area contributed by atoms with E-state index in [1.54, 1.807) is 49.4 Å². The summed E-state index contributed by atoms with van der Waals surface area (Å²) < 4.78 is 24.9. The fourth-order valence-electron chi connectivity index (χ4n) is 1.97. The largest absolute Gasteiger partial charge is 0.321 e. The lowest BCUT2D eigenvalue weighted by Crippen LogP contribution is -2.28. The number of sulfonamides is 1. The van der Waals surface area contributed by atoms with Crippen LogP contribution in [0.15, 0.2) is 42.5 Å². The third kappa shape index (κ3) is 4.01. The Morgan fingerprint density at radius 2 is 1.75 bits per heavy atom. The van der Waals surface area contributed by atoms with E-state index in [0.29, 0.717) is 22.0 Å². The van der Waals surface area contributed by atoms with Crippen LogP contribution in [0.4, 0.5) is 11.4 Å². The van der Waals surface area contributed by atoms with Gasteiger partial charge in [0.05, 0.1) is 27.2 Å². The maximum Gasteiger partial charge on any atom is 0.255 e. The standard InChI is InChI=1S/C16H16Cl2N2O3S/c1-3-24(22,23)20(2)12-9-7-11(8-10-12)16(21)19-14-6-4-5-13(17)15(14)18/h4-10H,3H2,1-2H3,(H,19,21). The number of rotatable bonds is 5. The number of hydrogen-bond donors (Lipinski definition) is 1. The first-order valence-corrected chi connectivity index (χ1v) is 9.45. The van der Waals surface area contributed by atoms with Crippen LogP contribution in [0.3, 0.4) is 0 Å². The number of anilines is 2. The molecule has 0 aliphatic heterocycles. The maximum absolute atomic E-state index is 12.3. The van der Waals surface area contributed by atoms with Gasteiger partial charge in [-0.2, -0.15) is 0 Å². The fourth-order valence-corrected chi connectivity index (χ4v) is 3.15. The summed E-state index contributed by atoms with van der Waals surface area (Å²) >= 11 is 11.9. The minimum atomic E-state index is -3.34. The Balaban J connectivity index is 2.19. The van der Waals surface area contributed by atoms with Crippen LogP contribution in [0.25, 0.3) is 0 Å². The van der Waals surface area contributed by atoms with Crippen molar-refractivity contribution in [1.29, 1.82) is 0 Å². The highest BCUT2D eigenvalue weighted by atomic mass is 35.5. The number of benzene rings is 2.